The molecule has 0 saturated heterocycles. The summed E-state index contributed by atoms with van der Waals surface area (Å²) >= 11 is 0. The van der Waals surface area contributed by atoms with Gasteiger partial charge in [0.25, 0.3) is 0 Å². The second-order valence-corrected chi connectivity index (χ2v) is 7.50. The van der Waals surface area contributed by atoms with Crippen molar-refractivity contribution in [3.05, 3.63) is 36.0 Å². The SMILES string of the molecule is C[C@@H]1CCCC[C@H]1OC(=O)N[C@@](C)(Cc1c[nH]c2ccccc12)C(=O)O. The molecule has 1 saturated carbocycles. The molecule has 0 bridgehead atoms. The molecule has 2 aromatic rings. The number of amides is 1. The fraction of sp³-hybridized carbons (Fsp3) is 0.500. The number of ether oxygens (including phenoxy) is 1. The summed E-state index contributed by atoms with van der Waals surface area (Å²) in [6, 6.07) is 7.69. The second kappa shape index (κ2) is 7.40. The van der Waals surface area contributed by atoms with Crippen molar-refractivity contribution in [2.45, 2.75) is 57.6 Å². The highest BCUT2D eigenvalue weighted by atomic mass is 16.6. The number of aliphatic carboxylic acids is 1. The highest BCUT2D eigenvalue weighted by Gasteiger charge is 2.37. The average Bonchev–Trinajstić information content (AvgIpc) is 2.99. The van der Waals surface area contributed by atoms with E-state index in [4.69, 9.17) is 4.74 Å². The molecule has 6 heteroatoms. The quantitative estimate of drug-likeness (QED) is 0.757. The van der Waals surface area contributed by atoms with Gasteiger partial charge in [-0.1, -0.05) is 31.5 Å². The summed E-state index contributed by atoms with van der Waals surface area (Å²) in [5.74, 6) is -0.782. The minimum absolute atomic E-state index is 0.144. The summed E-state index contributed by atoms with van der Waals surface area (Å²) in [5, 5.41) is 13.3. The van der Waals surface area contributed by atoms with E-state index in [-0.39, 0.29) is 12.5 Å². The molecule has 0 spiro atoms. The summed E-state index contributed by atoms with van der Waals surface area (Å²) in [6.07, 6.45) is 5.21. The van der Waals surface area contributed by atoms with Crippen LogP contribution in [-0.4, -0.2) is 33.8 Å². The van der Waals surface area contributed by atoms with Crippen molar-refractivity contribution in [1.82, 2.24) is 10.3 Å². The van der Waals surface area contributed by atoms with Crippen molar-refractivity contribution in [2.75, 3.05) is 0 Å². The number of benzene rings is 1. The average molecular weight is 358 g/mol. The molecular formula is C20H26N2O4. The largest absolute Gasteiger partial charge is 0.480 e. The Kier molecular flexibility index (Phi) is 5.20. The van der Waals surface area contributed by atoms with E-state index >= 15 is 0 Å². The van der Waals surface area contributed by atoms with Gasteiger partial charge in [0.15, 0.2) is 0 Å². The highest BCUT2D eigenvalue weighted by Crippen LogP contribution is 2.27. The molecule has 1 amide bonds. The number of carbonyl (C=O) groups excluding carboxylic acids is 1. The van der Waals surface area contributed by atoms with E-state index in [1.807, 2.05) is 24.3 Å². The van der Waals surface area contributed by atoms with E-state index in [0.717, 1.165) is 42.1 Å². The number of fused-ring (bicyclic) bond motifs is 1. The maximum Gasteiger partial charge on any atom is 0.408 e. The first kappa shape index (κ1) is 18.3. The zero-order valence-electron chi connectivity index (χ0n) is 15.2. The molecule has 3 atom stereocenters. The van der Waals surface area contributed by atoms with Gasteiger partial charge in [0.2, 0.25) is 0 Å². The molecule has 140 valence electrons. The van der Waals surface area contributed by atoms with Crippen LogP contribution in [-0.2, 0) is 16.0 Å². The van der Waals surface area contributed by atoms with Gasteiger partial charge in [0.1, 0.15) is 11.6 Å². The number of aromatic amines is 1. The van der Waals surface area contributed by atoms with Crippen LogP contribution < -0.4 is 5.32 Å². The smallest absolute Gasteiger partial charge is 0.408 e. The van der Waals surface area contributed by atoms with Gasteiger partial charge in [-0.05, 0) is 43.7 Å². The molecule has 26 heavy (non-hydrogen) atoms. The third kappa shape index (κ3) is 3.84. The van der Waals surface area contributed by atoms with Crippen LogP contribution in [0.1, 0.15) is 45.1 Å². The van der Waals surface area contributed by atoms with Gasteiger partial charge in [-0.3, -0.25) is 0 Å². The Morgan fingerprint density at radius 3 is 2.77 bits per heavy atom. The fourth-order valence-electron chi connectivity index (χ4n) is 3.68. The lowest BCUT2D eigenvalue weighted by Crippen LogP contribution is -2.54. The zero-order valence-corrected chi connectivity index (χ0v) is 15.2. The van der Waals surface area contributed by atoms with Crippen LogP contribution in [0.15, 0.2) is 30.5 Å². The summed E-state index contributed by atoms with van der Waals surface area (Å²) in [6.45, 7) is 3.59. The number of carboxylic acids is 1. The number of alkyl carbamates (subject to hydrolysis) is 1. The number of para-hydroxylation sites is 1. The molecule has 1 aromatic carbocycles. The normalized spacial score (nSPS) is 22.5. The van der Waals surface area contributed by atoms with E-state index in [0.29, 0.717) is 5.92 Å². The molecule has 1 aromatic heterocycles. The van der Waals surface area contributed by atoms with Crippen LogP contribution in [0.5, 0.6) is 0 Å². The summed E-state index contributed by atoms with van der Waals surface area (Å²) < 4.78 is 5.53. The third-order valence-electron chi connectivity index (χ3n) is 5.36. The van der Waals surface area contributed by atoms with Crippen LogP contribution in [0.3, 0.4) is 0 Å². The Balaban J connectivity index is 1.72. The zero-order chi connectivity index (χ0) is 18.7. The molecular weight excluding hydrogens is 332 g/mol. The first-order chi connectivity index (χ1) is 12.4. The van der Waals surface area contributed by atoms with E-state index in [9.17, 15) is 14.7 Å². The van der Waals surface area contributed by atoms with E-state index in [1.54, 1.807) is 6.20 Å². The van der Waals surface area contributed by atoms with Gasteiger partial charge in [0, 0.05) is 23.5 Å². The third-order valence-corrected chi connectivity index (χ3v) is 5.36. The van der Waals surface area contributed by atoms with Crippen LogP contribution in [0, 0.1) is 5.92 Å². The number of carbonyl (C=O) groups is 2. The van der Waals surface area contributed by atoms with Gasteiger partial charge in [0.05, 0.1) is 0 Å². The first-order valence-electron chi connectivity index (χ1n) is 9.16. The van der Waals surface area contributed by atoms with Crippen LogP contribution in [0.25, 0.3) is 10.9 Å². The molecule has 1 fully saturated rings. The second-order valence-electron chi connectivity index (χ2n) is 7.50. The Morgan fingerprint density at radius 1 is 1.31 bits per heavy atom. The van der Waals surface area contributed by atoms with Gasteiger partial charge in [-0.2, -0.15) is 0 Å². The van der Waals surface area contributed by atoms with Gasteiger partial charge in [-0.15, -0.1) is 0 Å². The first-order valence-corrected chi connectivity index (χ1v) is 9.16. The molecule has 1 aliphatic carbocycles. The predicted molar refractivity (Wildman–Crippen MR) is 99.1 cm³/mol. The Morgan fingerprint density at radius 2 is 2.04 bits per heavy atom. The predicted octanol–water partition coefficient (Wildman–Crippen LogP) is 3.86. The lowest BCUT2D eigenvalue weighted by atomic mass is 9.88. The van der Waals surface area contributed by atoms with Crippen molar-refractivity contribution in [3.63, 3.8) is 0 Å². The number of rotatable bonds is 5. The van der Waals surface area contributed by atoms with Crippen molar-refractivity contribution in [2.24, 2.45) is 5.92 Å². The van der Waals surface area contributed by atoms with Crippen molar-refractivity contribution in [3.8, 4) is 0 Å². The van der Waals surface area contributed by atoms with Crippen LogP contribution in [0.2, 0.25) is 0 Å². The minimum atomic E-state index is -1.44. The van der Waals surface area contributed by atoms with Crippen molar-refractivity contribution < 1.29 is 19.4 Å². The van der Waals surface area contributed by atoms with Crippen LogP contribution >= 0.6 is 0 Å². The number of carboxylic acid groups (broad SMARTS) is 1. The van der Waals surface area contributed by atoms with Gasteiger partial charge < -0.3 is 20.1 Å². The minimum Gasteiger partial charge on any atom is -0.480 e. The molecule has 3 rings (SSSR count). The maximum absolute atomic E-state index is 12.4. The number of hydrogen-bond acceptors (Lipinski definition) is 3. The summed E-state index contributed by atoms with van der Waals surface area (Å²) in [4.78, 5) is 27.4. The number of H-pyrrole nitrogens is 1. The molecule has 3 N–H and O–H groups in total. The van der Waals surface area contributed by atoms with E-state index < -0.39 is 17.6 Å². The van der Waals surface area contributed by atoms with Crippen molar-refractivity contribution in [1.29, 1.82) is 0 Å². The Hall–Kier alpha value is -2.50. The molecule has 1 heterocycles. The maximum atomic E-state index is 12.4. The Bertz CT molecular complexity index is 800. The van der Waals surface area contributed by atoms with Crippen LogP contribution in [0.4, 0.5) is 4.79 Å². The topological polar surface area (TPSA) is 91.4 Å². The number of hydrogen-bond donors (Lipinski definition) is 3. The van der Waals surface area contributed by atoms with Gasteiger partial charge in [-0.25, -0.2) is 9.59 Å². The van der Waals surface area contributed by atoms with E-state index in [2.05, 4.69) is 17.2 Å². The summed E-state index contributed by atoms with van der Waals surface area (Å²) in [5.41, 5.74) is 0.339. The molecule has 0 radical (unpaired) electrons. The number of aromatic nitrogens is 1. The van der Waals surface area contributed by atoms with Crippen molar-refractivity contribution >= 4 is 23.0 Å². The Labute approximate surface area is 152 Å². The standard InChI is InChI=1S/C20H26N2O4/c1-13-7-3-6-10-17(13)26-19(25)22-20(2,18(23)24)11-14-12-21-16-9-5-4-8-15(14)16/h4-5,8-9,12-13,17,21H,3,6-7,10-11H2,1-2H3,(H,22,25)(H,23,24)/t13-,17-,20+/m1/s1. The molecule has 6 nitrogen and oxygen atoms in total. The number of nitrogens with one attached hydrogen (secondary N) is 2. The lowest BCUT2D eigenvalue weighted by molar-refractivity contribution is -0.144. The summed E-state index contributed by atoms with van der Waals surface area (Å²) in [7, 11) is 0. The lowest BCUT2D eigenvalue weighted by Gasteiger charge is -2.31. The molecule has 0 unspecified atom stereocenters. The molecule has 1 aliphatic rings. The van der Waals surface area contributed by atoms with E-state index in [1.165, 1.54) is 6.92 Å². The fourth-order valence-corrected chi connectivity index (χ4v) is 3.68. The highest BCUT2D eigenvalue weighted by molar-refractivity contribution is 5.87. The van der Waals surface area contributed by atoms with Gasteiger partial charge >= 0.3 is 12.1 Å². The monoisotopic (exact) mass is 358 g/mol. The molecule has 0 aliphatic heterocycles.